The van der Waals surface area contributed by atoms with Gasteiger partial charge in [0.05, 0.1) is 25.7 Å². The molecule has 10 nitrogen and oxygen atoms in total. The number of nitrogens with one attached hydrogen (secondary N) is 1. The molecule has 1 amide bonds. The molecule has 0 radical (unpaired) electrons. The van der Waals surface area contributed by atoms with Crippen molar-refractivity contribution in [3.63, 3.8) is 0 Å². The molecule has 36 heavy (non-hydrogen) atoms. The van der Waals surface area contributed by atoms with E-state index in [2.05, 4.69) is 15.4 Å². The summed E-state index contributed by atoms with van der Waals surface area (Å²) in [6.45, 7) is 6.28. The number of aromatic nitrogens is 2. The summed E-state index contributed by atoms with van der Waals surface area (Å²) >= 11 is 0. The van der Waals surface area contributed by atoms with Crippen molar-refractivity contribution < 1.29 is 23.5 Å². The third-order valence-corrected chi connectivity index (χ3v) is 5.42. The normalized spacial score (nSPS) is 12.1. The number of carbonyl (C=O) groups excluding carboxylic acids is 2. The number of hydrogen-bond acceptors (Lipinski definition) is 6. The predicted molar refractivity (Wildman–Crippen MR) is 134 cm³/mol. The minimum Gasteiger partial charge on any atom is -0.492 e. The minimum atomic E-state index is -0.884. The molecule has 0 bridgehead atoms. The van der Waals surface area contributed by atoms with Gasteiger partial charge in [0.1, 0.15) is 24.2 Å². The van der Waals surface area contributed by atoms with Gasteiger partial charge in [0.25, 0.3) is 5.91 Å². The van der Waals surface area contributed by atoms with Crippen LogP contribution in [0.15, 0.2) is 47.5 Å². The quantitative estimate of drug-likeness (QED) is 0.177. The van der Waals surface area contributed by atoms with Gasteiger partial charge < -0.3 is 26.3 Å². The zero-order valence-corrected chi connectivity index (χ0v) is 20.7. The van der Waals surface area contributed by atoms with E-state index in [9.17, 15) is 14.0 Å². The molecule has 2 aromatic carbocycles. The standard InChI is InChI=1S/C25H31FN6O4/c1-25(2,3)21(23(34)35-4)30-22(33)20-18-10-9-17(36-12-11-29-24(27)28)13-19(18)32(31-20)14-15-5-7-16(26)8-6-15/h5-10,13,21H,11-12,14H2,1-4H3,(H,30,33)(H4,27,28,29)/t21-/m1/s1. The molecule has 0 saturated heterocycles. The van der Waals surface area contributed by atoms with E-state index in [4.69, 9.17) is 20.9 Å². The van der Waals surface area contributed by atoms with Crippen molar-refractivity contribution in [2.75, 3.05) is 20.3 Å². The fourth-order valence-corrected chi connectivity index (χ4v) is 3.58. The number of amides is 1. The maximum atomic E-state index is 13.4. The van der Waals surface area contributed by atoms with E-state index in [0.29, 0.717) is 16.7 Å². The Balaban J connectivity index is 1.98. The number of esters is 1. The first-order valence-electron chi connectivity index (χ1n) is 11.3. The first-order valence-corrected chi connectivity index (χ1v) is 11.3. The molecule has 0 aliphatic rings. The van der Waals surface area contributed by atoms with Crippen LogP contribution in [-0.2, 0) is 16.1 Å². The van der Waals surface area contributed by atoms with Crippen LogP contribution < -0.4 is 21.5 Å². The van der Waals surface area contributed by atoms with Crippen LogP contribution in [0, 0.1) is 11.2 Å². The van der Waals surface area contributed by atoms with Gasteiger partial charge in [-0.1, -0.05) is 32.9 Å². The van der Waals surface area contributed by atoms with Gasteiger partial charge in [0, 0.05) is 11.5 Å². The second-order valence-electron chi connectivity index (χ2n) is 9.26. The largest absolute Gasteiger partial charge is 0.492 e. The van der Waals surface area contributed by atoms with Gasteiger partial charge in [0.2, 0.25) is 0 Å². The number of ether oxygens (including phenoxy) is 2. The number of guanidine groups is 1. The zero-order valence-electron chi connectivity index (χ0n) is 20.7. The molecule has 5 N–H and O–H groups in total. The van der Waals surface area contributed by atoms with Crippen LogP contribution >= 0.6 is 0 Å². The molecular weight excluding hydrogens is 467 g/mol. The first-order chi connectivity index (χ1) is 17.0. The number of hydrogen-bond donors (Lipinski definition) is 3. The Kier molecular flexibility index (Phi) is 8.13. The van der Waals surface area contributed by atoms with Crippen molar-refractivity contribution in [1.29, 1.82) is 0 Å². The lowest BCUT2D eigenvalue weighted by Crippen LogP contribution is -2.49. The third kappa shape index (κ3) is 6.49. The lowest BCUT2D eigenvalue weighted by molar-refractivity contribution is -0.145. The van der Waals surface area contributed by atoms with Gasteiger partial charge in [-0.25, -0.2) is 9.18 Å². The molecule has 0 fully saturated rings. The average molecular weight is 499 g/mol. The highest BCUT2D eigenvalue weighted by Crippen LogP contribution is 2.26. The van der Waals surface area contributed by atoms with Crippen LogP contribution in [0.3, 0.4) is 0 Å². The monoisotopic (exact) mass is 498 g/mol. The van der Waals surface area contributed by atoms with Crippen molar-refractivity contribution in [2.24, 2.45) is 21.9 Å². The van der Waals surface area contributed by atoms with Crippen LogP contribution in [0.2, 0.25) is 0 Å². The fourth-order valence-electron chi connectivity index (χ4n) is 3.58. The number of fused-ring (bicyclic) bond motifs is 1. The summed E-state index contributed by atoms with van der Waals surface area (Å²) in [6, 6.07) is 10.3. The van der Waals surface area contributed by atoms with E-state index in [1.165, 1.54) is 19.2 Å². The Morgan fingerprint density at radius 1 is 1.17 bits per heavy atom. The molecule has 192 valence electrons. The highest BCUT2D eigenvalue weighted by molar-refractivity contribution is 6.06. The van der Waals surface area contributed by atoms with Crippen molar-refractivity contribution in [1.82, 2.24) is 15.1 Å². The third-order valence-electron chi connectivity index (χ3n) is 5.42. The summed E-state index contributed by atoms with van der Waals surface area (Å²) in [4.78, 5) is 29.5. The molecule has 0 saturated carbocycles. The number of carbonyl (C=O) groups is 2. The molecule has 0 spiro atoms. The van der Waals surface area contributed by atoms with E-state index in [0.717, 1.165) is 5.56 Å². The maximum absolute atomic E-state index is 13.4. The van der Waals surface area contributed by atoms with Gasteiger partial charge in [-0.05, 0) is 35.2 Å². The summed E-state index contributed by atoms with van der Waals surface area (Å²) < 4.78 is 25.6. The molecule has 1 heterocycles. The Labute approximate surface area is 208 Å². The Morgan fingerprint density at radius 3 is 2.47 bits per heavy atom. The SMILES string of the molecule is COC(=O)[C@@H](NC(=O)c1nn(Cc2ccc(F)cc2)c2cc(OCCN=C(N)N)ccc12)C(C)(C)C. The highest BCUT2D eigenvalue weighted by atomic mass is 19.1. The predicted octanol–water partition coefficient (Wildman–Crippen LogP) is 2.19. The molecule has 3 aromatic rings. The smallest absolute Gasteiger partial charge is 0.328 e. The van der Waals surface area contributed by atoms with Gasteiger partial charge in [-0.2, -0.15) is 5.10 Å². The Bertz CT molecular complexity index is 1260. The van der Waals surface area contributed by atoms with E-state index in [1.807, 2.05) is 20.8 Å². The van der Waals surface area contributed by atoms with Crippen LogP contribution in [0.5, 0.6) is 5.75 Å². The lowest BCUT2D eigenvalue weighted by atomic mass is 9.86. The first kappa shape index (κ1) is 26.5. The zero-order chi connectivity index (χ0) is 26.5. The maximum Gasteiger partial charge on any atom is 0.328 e. The summed E-state index contributed by atoms with van der Waals surface area (Å²) in [5, 5.41) is 7.85. The van der Waals surface area contributed by atoms with Crippen LogP contribution in [0.1, 0.15) is 36.8 Å². The number of benzene rings is 2. The summed E-state index contributed by atoms with van der Waals surface area (Å²) in [7, 11) is 1.27. The molecule has 11 heteroatoms. The summed E-state index contributed by atoms with van der Waals surface area (Å²) in [5.41, 5.74) is 11.6. The van der Waals surface area contributed by atoms with Crippen molar-refractivity contribution in [3.05, 3.63) is 59.5 Å². The average Bonchev–Trinajstić information content (AvgIpc) is 3.18. The molecular formula is C25H31FN6O4. The van der Waals surface area contributed by atoms with Crippen molar-refractivity contribution in [2.45, 2.75) is 33.4 Å². The number of methoxy groups -OCH3 is 1. The number of halogens is 1. The van der Waals surface area contributed by atoms with E-state index < -0.39 is 23.3 Å². The molecule has 0 aliphatic heterocycles. The second kappa shape index (κ2) is 11.1. The molecule has 3 rings (SSSR count). The van der Waals surface area contributed by atoms with Gasteiger partial charge in [-0.15, -0.1) is 0 Å². The number of aliphatic imine (C=N–C) groups is 1. The van der Waals surface area contributed by atoms with Crippen molar-refractivity contribution in [3.8, 4) is 5.75 Å². The van der Waals surface area contributed by atoms with E-state index in [-0.39, 0.29) is 37.2 Å². The summed E-state index contributed by atoms with van der Waals surface area (Å²) in [6.07, 6.45) is 0. The van der Waals surface area contributed by atoms with Crippen molar-refractivity contribution >= 4 is 28.7 Å². The van der Waals surface area contributed by atoms with Gasteiger partial charge >= 0.3 is 5.97 Å². The molecule has 0 aliphatic carbocycles. The summed E-state index contributed by atoms with van der Waals surface area (Å²) in [5.74, 6) is -0.922. The minimum absolute atomic E-state index is 0.0254. The van der Waals surface area contributed by atoms with Crippen LogP contribution in [0.25, 0.3) is 10.9 Å². The highest BCUT2D eigenvalue weighted by Gasteiger charge is 2.35. The Morgan fingerprint density at radius 2 is 1.86 bits per heavy atom. The van der Waals surface area contributed by atoms with Crippen LogP contribution in [-0.4, -0.2) is 53.9 Å². The molecule has 0 unspecified atom stereocenters. The number of nitrogens with two attached hydrogens (primary N) is 2. The van der Waals surface area contributed by atoms with Gasteiger partial charge in [-0.3, -0.25) is 14.5 Å². The van der Waals surface area contributed by atoms with E-state index >= 15 is 0 Å². The molecule has 1 atom stereocenters. The topological polar surface area (TPSA) is 147 Å². The fraction of sp³-hybridized carbons (Fsp3) is 0.360. The Hall–Kier alpha value is -4.15. The molecule has 1 aromatic heterocycles. The van der Waals surface area contributed by atoms with Crippen LogP contribution in [0.4, 0.5) is 4.39 Å². The van der Waals surface area contributed by atoms with Gasteiger partial charge in [0.15, 0.2) is 11.7 Å². The lowest BCUT2D eigenvalue weighted by Gasteiger charge is -2.28. The van der Waals surface area contributed by atoms with E-state index in [1.54, 1.807) is 35.0 Å². The second-order valence-corrected chi connectivity index (χ2v) is 9.26. The number of rotatable bonds is 9. The number of nitrogens with zero attached hydrogens (tertiary/aromatic N) is 3.